The van der Waals surface area contributed by atoms with E-state index in [-0.39, 0.29) is 44.0 Å². The van der Waals surface area contributed by atoms with Crippen LogP contribution in [0.3, 0.4) is 0 Å². The van der Waals surface area contributed by atoms with Gasteiger partial charge < -0.3 is 10.2 Å². The number of hydrogen-bond acceptors (Lipinski definition) is 4. The van der Waals surface area contributed by atoms with E-state index in [4.69, 9.17) is 0 Å². The largest absolute Gasteiger partial charge is 2.00 e. The molecule has 2 aliphatic rings. The third-order valence-corrected chi connectivity index (χ3v) is 1.60. The number of rotatable bonds is 0. The van der Waals surface area contributed by atoms with E-state index in [9.17, 15) is 19.8 Å². The minimum absolute atomic E-state index is 0. The fourth-order valence-electron chi connectivity index (χ4n) is 0.930. The van der Waals surface area contributed by atoms with Crippen LogP contribution in [0.1, 0.15) is 25.7 Å². The minimum Gasteiger partial charge on any atom is -0.862 e. The van der Waals surface area contributed by atoms with E-state index in [2.05, 4.69) is 9.98 Å². The average molecular weight is 303 g/mol. The number of amides is 2. The van der Waals surface area contributed by atoms with Crippen LogP contribution in [0.5, 0.6) is 0 Å². The number of hydrogen-bond donors (Lipinski definition) is 0. The molecule has 2 heterocycles. The topological polar surface area (TPSA) is 105 Å². The van der Waals surface area contributed by atoms with Crippen molar-refractivity contribution in [1.82, 2.24) is 0 Å². The van der Waals surface area contributed by atoms with Gasteiger partial charge in [-0.15, -0.1) is 0 Å². The Kier molecular flexibility index (Phi) is 5.98. The summed E-state index contributed by atoms with van der Waals surface area (Å²) in [6.07, 6.45) is 1.27. The summed E-state index contributed by atoms with van der Waals surface area (Å²) in [6.45, 7) is 0. The first-order chi connectivity index (χ1) is 6.58. The van der Waals surface area contributed by atoms with E-state index >= 15 is 0 Å². The van der Waals surface area contributed by atoms with E-state index in [1.807, 2.05) is 0 Å². The Hall–Kier alpha value is -1.06. The summed E-state index contributed by atoms with van der Waals surface area (Å²) < 4.78 is 0. The van der Waals surface area contributed by atoms with Crippen LogP contribution in [0.15, 0.2) is 9.98 Å². The summed E-state index contributed by atoms with van der Waals surface area (Å²) in [5.74, 6) is -1.09. The summed E-state index contributed by atoms with van der Waals surface area (Å²) in [5, 5.41) is 20.1. The number of nitrogens with zero attached hydrogens (tertiary/aromatic N) is 2. The molecule has 0 saturated carbocycles. The molecule has 0 bridgehead atoms. The Bertz CT molecular complexity index is 293. The van der Waals surface area contributed by atoms with Gasteiger partial charge in [0.1, 0.15) is 0 Å². The molecule has 7 heteroatoms. The fraction of sp³-hybridized carbons (Fsp3) is 0.500. The Balaban J connectivity index is 0.000000245. The molecule has 0 aromatic heterocycles. The van der Waals surface area contributed by atoms with Crippen molar-refractivity contribution in [2.75, 3.05) is 0 Å². The molecular formula is C8H8N2O4Pd. The first kappa shape index (κ1) is 13.9. The monoisotopic (exact) mass is 302 g/mol. The van der Waals surface area contributed by atoms with Crippen LogP contribution in [0, 0.1) is 0 Å². The van der Waals surface area contributed by atoms with Crippen LogP contribution < -0.4 is 10.2 Å². The molecule has 0 radical (unpaired) electrons. The van der Waals surface area contributed by atoms with Gasteiger partial charge in [-0.2, -0.15) is 0 Å². The third kappa shape index (κ3) is 5.40. The van der Waals surface area contributed by atoms with Crippen LogP contribution in [-0.4, -0.2) is 23.6 Å². The van der Waals surface area contributed by atoms with Crippen LogP contribution in [-0.2, 0) is 30.0 Å². The Morgan fingerprint density at radius 3 is 1.20 bits per heavy atom. The Morgan fingerprint density at radius 1 is 0.800 bits per heavy atom. The summed E-state index contributed by atoms with van der Waals surface area (Å²) >= 11 is 0. The third-order valence-electron chi connectivity index (χ3n) is 1.60. The van der Waals surface area contributed by atoms with Crippen molar-refractivity contribution < 1.29 is 40.2 Å². The van der Waals surface area contributed by atoms with Crippen molar-refractivity contribution in [2.45, 2.75) is 25.7 Å². The predicted octanol–water partition coefficient (Wildman–Crippen LogP) is -1.87. The SMILES string of the molecule is O=C1CCC([O-])=N1.O=C1CCC([O-])=N1.[Pd+2]. The fourth-order valence-corrected chi connectivity index (χ4v) is 0.930. The second kappa shape index (κ2) is 6.43. The van der Waals surface area contributed by atoms with Gasteiger partial charge in [-0.1, -0.05) is 0 Å². The summed E-state index contributed by atoms with van der Waals surface area (Å²) in [5.41, 5.74) is 0. The van der Waals surface area contributed by atoms with Gasteiger partial charge in [0.15, 0.2) is 0 Å². The maximum Gasteiger partial charge on any atom is 2.00 e. The molecule has 2 rings (SSSR count). The zero-order valence-electron chi connectivity index (χ0n) is 7.67. The molecule has 6 nitrogen and oxygen atoms in total. The van der Waals surface area contributed by atoms with Crippen LogP contribution in [0.4, 0.5) is 0 Å². The first-order valence-corrected chi connectivity index (χ1v) is 4.13. The molecular weight excluding hydrogens is 295 g/mol. The van der Waals surface area contributed by atoms with Gasteiger partial charge in [0.25, 0.3) is 0 Å². The molecule has 2 aliphatic heterocycles. The molecule has 0 aliphatic carbocycles. The molecule has 2 amide bonds. The van der Waals surface area contributed by atoms with E-state index in [1.165, 1.54) is 0 Å². The minimum atomic E-state index is -0.273. The standard InChI is InChI=1S/2C4H5NO2.Pd/c2*6-3-1-2-4(7)5-3;/h2*1-2H2,(H,5,6,7);/q;;+2/p-2. The summed E-state index contributed by atoms with van der Waals surface area (Å²) in [6, 6.07) is 0. The zero-order chi connectivity index (χ0) is 10.6. The van der Waals surface area contributed by atoms with Gasteiger partial charge in [-0.3, -0.25) is 9.59 Å². The maximum absolute atomic E-state index is 10.1. The maximum atomic E-state index is 10.1. The molecule has 0 spiro atoms. The predicted molar refractivity (Wildman–Crippen MR) is 43.4 cm³/mol. The molecule has 15 heavy (non-hydrogen) atoms. The smallest absolute Gasteiger partial charge is 0.862 e. The average Bonchev–Trinajstić information content (AvgIpc) is 2.63. The van der Waals surface area contributed by atoms with Gasteiger partial charge in [0.05, 0.1) is 0 Å². The van der Waals surface area contributed by atoms with Gasteiger partial charge >= 0.3 is 20.4 Å². The quantitative estimate of drug-likeness (QED) is 0.489. The summed E-state index contributed by atoms with van der Waals surface area (Å²) in [4.78, 5) is 26.4. The first-order valence-electron chi connectivity index (χ1n) is 4.13. The molecule has 0 atom stereocenters. The molecule has 0 saturated heterocycles. The van der Waals surface area contributed by atoms with Crippen LogP contribution >= 0.6 is 0 Å². The van der Waals surface area contributed by atoms with Crippen molar-refractivity contribution in [3.05, 3.63) is 0 Å². The summed E-state index contributed by atoms with van der Waals surface area (Å²) in [7, 11) is 0. The Labute approximate surface area is 99.8 Å². The molecule has 0 fully saturated rings. The molecule has 0 aromatic carbocycles. The van der Waals surface area contributed by atoms with E-state index in [0.29, 0.717) is 25.7 Å². The normalized spacial score (nSPS) is 18.7. The number of aliphatic imine (C=N–C) groups is 2. The van der Waals surface area contributed by atoms with E-state index in [0.717, 1.165) is 0 Å². The van der Waals surface area contributed by atoms with Crippen LogP contribution in [0.25, 0.3) is 0 Å². The molecule has 0 unspecified atom stereocenters. The van der Waals surface area contributed by atoms with Gasteiger partial charge in [0, 0.05) is 12.8 Å². The van der Waals surface area contributed by atoms with E-state index < -0.39 is 0 Å². The number of carbonyl (C=O) groups excluding carboxylic acids is 2. The zero-order valence-corrected chi connectivity index (χ0v) is 9.23. The van der Waals surface area contributed by atoms with Crippen LogP contribution in [0.2, 0.25) is 0 Å². The second-order valence-electron chi connectivity index (χ2n) is 2.80. The number of carbonyl (C=O) groups is 2. The van der Waals surface area contributed by atoms with Crippen molar-refractivity contribution in [1.29, 1.82) is 0 Å². The van der Waals surface area contributed by atoms with Gasteiger partial charge in [0.2, 0.25) is 11.8 Å². The van der Waals surface area contributed by atoms with Crippen molar-refractivity contribution in [3.63, 3.8) is 0 Å². The Morgan fingerprint density at radius 2 is 1.13 bits per heavy atom. The molecule has 0 N–H and O–H groups in total. The van der Waals surface area contributed by atoms with Crippen molar-refractivity contribution in [2.24, 2.45) is 9.98 Å². The van der Waals surface area contributed by atoms with Gasteiger partial charge in [-0.25, -0.2) is 9.98 Å². The molecule has 0 aromatic rings. The van der Waals surface area contributed by atoms with E-state index in [1.54, 1.807) is 0 Å². The molecule has 84 valence electrons. The van der Waals surface area contributed by atoms with Crippen molar-refractivity contribution >= 4 is 23.6 Å². The second-order valence-corrected chi connectivity index (χ2v) is 2.80. The van der Waals surface area contributed by atoms with Gasteiger partial charge in [-0.05, 0) is 24.6 Å². The van der Waals surface area contributed by atoms with Crippen molar-refractivity contribution in [3.8, 4) is 0 Å².